The molecule has 0 aliphatic carbocycles. The molecule has 2 aliphatic heterocycles. The van der Waals surface area contributed by atoms with Crippen molar-refractivity contribution in [3.63, 3.8) is 0 Å². The van der Waals surface area contributed by atoms with E-state index >= 15 is 0 Å². The third kappa shape index (κ3) is 2.25. The molecular weight excluding hydrogens is 304 g/mol. The van der Waals surface area contributed by atoms with Crippen molar-refractivity contribution < 1.29 is 9.53 Å². The molecule has 8 heteroatoms. The van der Waals surface area contributed by atoms with Gasteiger partial charge in [-0.1, -0.05) is 0 Å². The minimum atomic E-state index is -0.176. The van der Waals surface area contributed by atoms with Gasteiger partial charge in [0.15, 0.2) is 6.61 Å². The largest absolute Gasteiger partial charge is 0.482 e. The molecule has 0 saturated heterocycles. The van der Waals surface area contributed by atoms with Crippen LogP contribution in [0.1, 0.15) is 12.8 Å². The molecule has 0 bridgehead atoms. The molecule has 1 N–H and O–H groups in total. The van der Waals surface area contributed by atoms with Gasteiger partial charge in [0.05, 0.1) is 11.4 Å². The van der Waals surface area contributed by atoms with Crippen molar-refractivity contribution in [1.82, 2.24) is 9.36 Å². The third-order valence-corrected chi connectivity index (χ3v) is 4.58. The number of rotatable bonds is 1. The van der Waals surface area contributed by atoms with Gasteiger partial charge in [-0.3, -0.25) is 14.3 Å². The highest BCUT2D eigenvalue weighted by molar-refractivity contribution is 7.06. The maximum absolute atomic E-state index is 12.0. The van der Waals surface area contributed by atoms with E-state index in [1.807, 2.05) is 10.7 Å². The number of benzene rings is 1. The molecule has 0 unspecified atom stereocenters. The van der Waals surface area contributed by atoms with E-state index in [2.05, 4.69) is 10.3 Å². The summed E-state index contributed by atoms with van der Waals surface area (Å²) in [6, 6.07) is 5.36. The highest BCUT2D eigenvalue weighted by Gasteiger charge is 2.16. The third-order valence-electron chi connectivity index (χ3n) is 3.71. The average Bonchev–Trinajstić information content (AvgIpc) is 2.84. The maximum atomic E-state index is 12.0. The molecule has 4 rings (SSSR count). The molecule has 0 spiro atoms. The second-order valence-corrected chi connectivity index (χ2v) is 6.15. The van der Waals surface area contributed by atoms with Crippen molar-refractivity contribution in [3.8, 4) is 5.75 Å². The molecule has 0 fully saturated rings. The molecule has 1 aromatic carbocycles. The Hall–Kier alpha value is -2.35. The number of hydrogen-bond acceptors (Lipinski definition) is 5. The summed E-state index contributed by atoms with van der Waals surface area (Å²) in [7, 11) is 0. The Morgan fingerprint density at radius 2 is 2.00 bits per heavy atom. The standard InChI is InChI=1S/C14H14N4O3S/c19-12-8-21-11-4-3-9(7-10(11)16-12)15-13-17-5-1-2-6-18(17)14(20)22-13/h3-4,7H,1-2,5-6,8H2,(H,16,19). The number of ether oxygens (including phenoxy) is 1. The van der Waals surface area contributed by atoms with Crippen molar-refractivity contribution in [2.45, 2.75) is 25.9 Å². The Labute approximate surface area is 129 Å². The lowest BCUT2D eigenvalue weighted by Crippen LogP contribution is -2.31. The summed E-state index contributed by atoms with van der Waals surface area (Å²) >= 11 is 1.15. The number of anilines is 1. The number of carbonyl (C=O) groups is 1. The van der Waals surface area contributed by atoms with Crippen molar-refractivity contribution in [2.24, 2.45) is 4.99 Å². The lowest BCUT2D eigenvalue weighted by Gasteiger charge is -2.18. The first-order valence-corrected chi connectivity index (χ1v) is 7.94. The maximum Gasteiger partial charge on any atom is 0.325 e. The number of fused-ring (bicyclic) bond motifs is 2. The molecule has 22 heavy (non-hydrogen) atoms. The van der Waals surface area contributed by atoms with Crippen LogP contribution in [0.5, 0.6) is 5.75 Å². The van der Waals surface area contributed by atoms with Crippen molar-refractivity contribution in [3.05, 3.63) is 32.7 Å². The van der Waals surface area contributed by atoms with Gasteiger partial charge in [-0.15, -0.1) is 0 Å². The zero-order valence-electron chi connectivity index (χ0n) is 11.7. The summed E-state index contributed by atoms with van der Waals surface area (Å²) < 4.78 is 9.01. The number of carbonyl (C=O) groups excluding carboxylic acids is 1. The molecule has 0 atom stereocenters. The second-order valence-electron chi connectivity index (χ2n) is 5.23. The van der Waals surface area contributed by atoms with Crippen molar-refractivity contribution in [2.75, 3.05) is 11.9 Å². The van der Waals surface area contributed by atoms with Crippen LogP contribution in [0.2, 0.25) is 0 Å². The van der Waals surface area contributed by atoms with Gasteiger partial charge in [0.2, 0.25) is 4.80 Å². The Morgan fingerprint density at radius 3 is 2.86 bits per heavy atom. The summed E-state index contributed by atoms with van der Waals surface area (Å²) in [5.41, 5.74) is 1.30. The topological polar surface area (TPSA) is 77.6 Å². The minimum absolute atomic E-state index is 0.0213. The van der Waals surface area contributed by atoms with Crippen molar-refractivity contribution >= 4 is 28.6 Å². The molecule has 0 saturated carbocycles. The average molecular weight is 318 g/mol. The summed E-state index contributed by atoms with van der Waals surface area (Å²) in [6.45, 7) is 1.59. The Kier molecular flexibility index (Phi) is 3.11. The van der Waals surface area contributed by atoms with Crippen LogP contribution < -0.4 is 19.7 Å². The first-order chi connectivity index (χ1) is 10.7. The van der Waals surface area contributed by atoms with Crippen LogP contribution in [0.15, 0.2) is 28.0 Å². The fourth-order valence-corrected chi connectivity index (χ4v) is 3.57. The number of amides is 1. The summed E-state index contributed by atoms with van der Waals surface area (Å²) in [6.07, 6.45) is 2.08. The molecule has 1 amide bonds. The molecular formula is C14H14N4O3S. The fraction of sp³-hybridized carbons (Fsp3) is 0.357. The van der Waals surface area contributed by atoms with E-state index in [-0.39, 0.29) is 17.4 Å². The van der Waals surface area contributed by atoms with E-state index in [4.69, 9.17) is 4.74 Å². The fourth-order valence-electron chi connectivity index (χ4n) is 2.67. The van der Waals surface area contributed by atoms with Crippen LogP contribution in [-0.4, -0.2) is 21.9 Å². The van der Waals surface area contributed by atoms with Crippen LogP contribution >= 0.6 is 11.3 Å². The Morgan fingerprint density at radius 1 is 1.18 bits per heavy atom. The zero-order chi connectivity index (χ0) is 15.1. The summed E-state index contributed by atoms with van der Waals surface area (Å²) in [4.78, 5) is 28.6. The number of nitrogens with zero attached hydrogens (tertiary/aromatic N) is 3. The Bertz CT molecular complexity index is 877. The van der Waals surface area contributed by atoms with Gasteiger partial charge in [-0.2, -0.15) is 0 Å². The normalized spacial score (nSPS) is 17.5. The van der Waals surface area contributed by atoms with E-state index in [0.717, 1.165) is 37.3 Å². The monoisotopic (exact) mass is 318 g/mol. The zero-order valence-corrected chi connectivity index (χ0v) is 12.6. The first-order valence-electron chi connectivity index (χ1n) is 7.13. The van der Waals surface area contributed by atoms with Gasteiger partial charge in [-0.25, -0.2) is 9.67 Å². The molecule has 2 aliphatic rings. The van der Waals surface area contributed by atoms with E-state index in [1.165, 1.54) is 0 Å². The second kappa shape index (κ2) is 5.13. The van der Waals surface area contributed by atoms with E-state index in [9.17, 15) is 9.59 Å². The van der Waals surface area contributed by atoms with Crippen molar-refractivity contribution in [1.29, 1.82) is 0 Å². The quantitative estimate of drug-likeness (QED) is 0.854. The summed E-state index contributed by atoms with van der Waals surface area (Å²) in [5, 5.41) is 2.76. The molecule has 1 aromatic heterocycles. The lowest BCUT2D eigenvalue weighted by atomic mass is 10.2. The van der Waals surface area contributed by atoms with Gasteiger partial charge in [-0.05, 0) is 42.4 Å². The first kappa shape index (κ1) is 13.3. The number of nitrogens with one attached hydrogen (secondary N) is 1. The molecule has 3 heterocycles. The van der Waals surface area contributed by atoms with Gasteiger partial charge >= 0.3 is 4.87 Å². The molecule has 2 aromatic rings. The van der Waals surface area contributed by atoms with Crippen LogP contribution in [0.25, 0.3) is 0 Å². The van der Waals surface area contributed by atoms with Crippen LogP contribution in [0.4, 0.5) is 11.4 Å². The minimum Gasteiger partial charge on any atom is -0.482 e. The van der Waals surface area contributed by atoms with E-state index < -0.39 is 0 Å². The summed E-state index contributed by atoms with van der Waals surface area (Å²) in [5.74, 6) is 0.461. The van der Waals surface area contributed by atoms with Gasteiger partial charge < -0.3 is 10.1 Å². The highest BCUT2D eigenvalue weighted by Crippen LogP contribution is 2.31. The SMILES string of the molecule is O=C1COc2ccc(N=c3sc(=O)n4n3CCCC4)cc2N1. The highest BCUT2D eigenvalue weighted by atomic mass is 32.1. The predicted molar refractivity (Wildman–Crippen MR) is 81.6 cm³/mol. The lowest BCUT2D eigenvalue weighted by molar-refractivity contribution is -0.118. The number of hydrogen-bond donors (Lipinski definition) is 1. The predicted octanol–water partition coefficient (Wildman–Crippen LogP) is 1.07. The van der Waals surface area contributed by atoms with Crippen LogP contribution in [0.3, 0.4) is 0 Å². The Balaban J connectivity index is 1.79. The smallest absolute Gasteiger partial charge is 0.325 e. The molecule has 7 nitrogen and oxygen atoms in total. The number of aromatic nitrogens is 2. The van der Waals surface area contributed by atoms with E-state index in [0.29, 0.717) is 21.9 Å². The molecule has 0 radical (unpaired) electrons. The van der Waals surface area contributed by atoms with Crippen LogP contribution in [0, 0.1) is 0 Å². The van der Waals surface area contributed by atoms with Gasteiger partial charge in [0, 0.05) is 13.1 Å². The van der Waals surface area contributed by atoms with Crippen LogP contribution in [-0.2, 0) is 17.9 Å². The van der Waals surface area contributed by atoms with Gasteiger partial charge in [0.25, 0.3) is 5.91 Å². The van der Waals surface area contributed by atoms with E-state index in [1.54, 1.807) is 16.8 Å². The van der Waals surface area contributed by atoms with Gasteiger partial charge in [0.1, 0.15) is 5.75 Å². The molecule has 114 valence electrons.